The molecule has 0 saturated carbocycles. The van der Waals surface area contributed by atoms with Crippen LogP contribution in [0.15, 0.2) is 48.5 Å². The number of halogens is 1. The number of amides is 2. The lowest BCUT2D eigenvalue weighted by Crippen LogP contribution is -2.53. The van der Waals surface area contributed by atoms with Crippen molar-refractivity contribution in [1.29, 1.82) is 0 Å². The normalized spacial score (nSPS) is 12.3. The minimum atomic E-state index is -3.80. The molecule has 1 atom stereocenters. The van der Waals surface area contributed by atoms with E-state index in [9.17, 15) is 18.0 Å². The molecule has 0 saturated heterocycles. The highest BCUT2D eigenvalue weighted by Crippen LogP contribution is 2.28. The summed E-state index contributed by atoms with van der Waals surface area (Å²) in [4.78, 5) is 28.2. The van der Waals surface area contributed by atoms with Gasteiger partial charge in [0.15, 0.2) is 0 Å². The van der Waals surface area contributed by atoms with Crippen molar-refractivity contribution >= 4 is 39.1 Å². The molecule has 0 aliphatic heterocycles. The molecule has 0 aliphatic rings. The fraction of sp³-hybridized carbons (Fsp3) is 0.462. The zero-order valence-electron chi connectivity index (χ0n) is 21.1. The summed E-state index contributed by atoms with van der Waals surface area (Å²) in [7, 11) is -3.80. The summed E-state index contributed by atoms with van der Waals surface area (Å²) in [6.45, 7) is 7.89. The van der Waals surface area contributed by atoms with Gasteiger partial charge in [0.05, 0.1) is 11.9 Å². The molecule has 1 unspecified atom stereocenters. The van der Waals surface area contributed by atoms with Crippen LogP contribution < -0.4 is 9.62 Å². The molecule has 0 bridgehead atoms. The van der Waals surface area contributed by atoms with Crippen molar-refractivity contribution in [3.63, 3.8) is 0 Å². The fourth-order valence-corrected chi connectivity index (χ4v) is 4.85. The first-order valence-electron chi connectivity index (χ1n) is 11.8. The minimum absolute atomic E-state index is 0.243. The van der Waals surface area contributed by atoms with Gasteiger partial charge < -0.3 is 10.2 Å². The predicted octanol–water partition coefficient (Wildman–Crippen LogP) is 4.04. The van der Waals surface area contributed by atoms with Crippen molar-refractivity contribution in [2.45, 2.75) is 46.6 Å². The molecule has 2 rings (SSSR count). The molecule has 2 aromatic carbocycles. The summed E-state index contributed by atoms with van der Waals surface area (Å²) in [5.74, 6) is -0.429. The second kappa shape index (κ2) is 12.9. The van der Waals surface area contributed by atoms with Gasteiger partial charge in [0.2, 0.25) is 21.8 Å². The first kappa shape index (κ1) is 28.7. The molecule has 1 N–H and O–H groups in total. The van der Waals surface area contributed by atoms with Crippen LogP contribution in [0.1, 0.15) is 38.3 Å². The number of carbonyl (C=O) groups excluding carboxylic acids is 2. The molecule has 2 amide bonds. The molecule has 192 valence electrons. The molecule has 35 heavy (non-hydrogen) atoms. The lowest BCUT2D eigenvalue weighted by Gasteiger charge is -2.33. The zero-order chi connectivity index (χ0) is 26.2. The molecule has 2 aromatic rings. The third kappa shape index (κ3) is 8.25. The van der Waals surface area contributed by atoms with Gasteiger partial charge in [-0.15, -0.1) is 0 Å². The largest absolute Gasteiger partial charge is 0.354 e. The Labute approximate surface area is 214 Å². The van der Waals surface area contributed by atoms with E-state index in [4.69, 9.17) is 11.6 Å². The maximum absolute atomic E-state index is 13.6. The van der Waals surface area contributed by atoms with Gasteiger partial charge in [0, 0.05) is 18.1 Å². The van der Waals surface area contributed by atoms with Gasteiger partial charge in [-0.1, -0.05) is 68.8 Å². The van der Waals surface area contributed by atoms with E-state index >= 15 is 0 Å². The van der Waals surface area contributed by atoms with E-state index in [1.165, 1.54) is 4.90 Å². The Morgan fingerprint density at radius 2 is 1.71 bits per heavy atom. The number of carbonyl (C=O) groups is 2. The molecular weight excluding hydrogens is 486 g/mol. The molecule has 0 spiro atoms. The number of hydrogen-bond acceptors (Lipinski definition) is 4. The average molecular weight is 522 g/mol. The summed E-state index contributed by atoms with van der Waals surface area (Å²) in [5, 5.41) is 3.32. The average Bonchev–Trinajstić information content (AvgIpc) is 2.80. The highest BCUT2D eigenvalue weighted by molar-refractivity contribution is 7.92. The van der Waals surface area contributed by atoms with E-state index in [1.807, 2.05) is 51.1 Å². The van der Waals surface area contributed by atoms with E-state index in [-0.39, 0.29) is 18.4 Å². The Bertz CT molecular complexity index is 1110. The van der Waals surface area contributed by atoms with E-state index in [0.29, 0.717) is 35.7 Å². The number of nitrogens with zero attached hydrogens (tertiary/aromatic N) is 2. The van der Waals surface area contributed by atoms with E-state index in [2.05, 4.69) is 5.32 Å². The third-order valence-electron chi connectivity index (χ3n) is 5.74. The predicted molar refractivity (Wildman–Crippen MR) is 142 cm³/mol. The minimum Gasteiger partial charge on any atom is -0.354 e. The molecule has 9 heteroatoms. The topological polar surface area (TPSA) is 86.8 Å². The number of rotatable bonds is 12. The van der Waals surface area contributed by atoms with Crippen molar-refractivity contribution in [3.05, 3.63) is 64.7 Å². The van der Waals surface area contributed by atoms with Crippen LogP contribution in [0.3, 0.4) is 0 Å². The highest BCUT2D eigenvalue weighted by Gasteiger charge is 2.32. The van der Waals surface area contributed by atoms with Crippen molar-refractivity contribution in [3.8, 4) is 0 Å². The summed E-state index contributed by atoms with van der Waals surface area (Å²) in [6.07, 6.45) is 2.00. The van der Waals surface area contributed by atoms with Crippen molar-refractivity contribution in [2.24, 2.45) is 5.92 Å². The van der Waals surface area contributed by atoms with Crippen LogP contribution in [0.2, 0.25) is 5.02 Å². The first-order chi connectivity index (χ1) is 16.5. The van der Waals surface area contributed by atoms with Crippen LogP contribution in [0, 0.1) is 12.8 Å². The molecule has 0 aromatic heterocycles. The van der Waals surface area contributed by atoms with Crippen LogP contribution in [0.4, 0.5) is 5.69 Å². The quantitative estimate of drug-likeness (QED) is 0.456. The summed E-state index contributed by atoms with van der Waals surface area (Å²) in [5.41, 5.74) is 1.92. The van der Waals surface area contributed by atoms with Crippen LogP contribution >= 0.6 is 11.6 Å². The summed E-state index contributed by atoms with van der Waals surface area (Å²) < 4.78 is 26.5. The van der Waals surface area contributed by atoms with Crippen LogP contribution in [-0.4, -0.2) is 57.1 Å². The Balaban J connectivity index is 2.39. The molecule has 0 radical (unpaired) electrons. The van der Waals surface area contributed by atoms with Crippen molar-refractivity contribution in [2.75, 3.05) is 30.2 Å². The summed E-state index contributed by atoms with van der Waals surface area (Å²) >= 11 is 6.23. The maximum Gasteiger partial charge on any atom is 0.244 e. The van der Waals surface area contributed by atoms with Gasteiger partial charge in [-0.2, -0.15) is 0 Å². The Morgan fingerprint density at radius 3 is 2.29 bits per heavy atom. The number of hydrogen-bond donors (Lipinski definition) is 1. The Kier molecular flexibility index (Phi) is 10.6. The molecule has 7 nitrogen and oxygen atoms in total. The summed E-state index contributed by atoms with van der Waals surface area (Å²) in [6, 6.07) is 13.9. The van der Waals surface area contributed by atoms with Gasteiger partial charge in [-0.25, -0.2) is 8.42 Å². The molecule has 0 heterocycles. The Morgan fingerprint density at radius 1 is 1.06 bits per heavy atom. The van der Waals surface area contributed by atoms with Gasteiger partial charge >= 0.3 is 0 Å². The number of nitrogens with one attached hydrogen (secondary N) is 1. The van der Waals surface area contributed by atoms with E-state index in [1.54, 1.807) is 25.1 Å². The van der Waals surface area contributed by atoms with Crippen molar-refractivity contribution < 1.29 is 18.0 Å². The van der Waals surface area contributed by atoms with Crippen LogP contribution in [-0.2, 0) is 26.0 Å². The second-order valence-electron chi connectivity index (χ2n) is 9.04. The van der Waals surface area contributed by atoms with Crippen molar-refractivity contribution in [1.82, 2.24) is 10.2 Å². The van der Waals surface area contributed by atoms with Gasteiger partial charge in [0.25, 0.3) is 0 Å². The second-order valence-corrected chi connectivity index (χ2v) is 11.4. The van der Waals surface area contributed by atoms with Gasteiger partial charge in [0.1, 0.15) is 12.6 Å². The number of anilines is 1. The van der Waals surface area contributed by atoms with Crippen LogP contribution in [0.5, 0.6) is 0 Å². The molecular formula is C26H36ClN3O4S. The number of benzene rings is 2. The highest BCUT2D eigenvalue weighted by atomic mass is 35.5. The van der Waals surface area contributed by atoms with Gasteiger partial charge in [-0.3, -0.25) is 13.9 Å². The zero-order valence-corrected chi connectivity index (χ0v) is 22.7. The Hall–Kier alpha value is -2.58. The third-order valence-corrected chi connectivity index (χ3v) is 7.28. The smallest absolute Gasteiger partial charge is 0.244 e. The molecule has 0 aliphatic carbocycles. The lowest BCUT2D eigenvalue weighted by atomic mass is 10.1. The van der Waals surface area contributed by atoms with E-state index < -0.39 is 28.5 Å². The van der Waals surface area contributed by atoms with E-state index in [0.717, 1.165) is 16.1 Å². The van der Waals surface area contributed by atoms with Crippen LogP contribution in [0.25, 0.3) is 0 Å². The monoisotopic (exact) mass is 521 g/mol. The van der Waals surface area contributed by atoms with Gasteiger partial charge in [-0.05, 0) is 48.9 Å². The lowest BCUT2D eigenvalue weighted by molar-refractivity contribution is -0.139. The standard InChI is InChI=1S/C26H36ClN3O4S/c1-6-23(26(32)28-17-19(2)3)29(16-15-21-11-8-7-9-12-21)25(31)18-30(35(5,33)34)24-14-10-13-22(27)20(24)4/h7-14,19,23H,6,15-18H2,1-5H3,(H,28,32). The molecule has 0 fully saturated rings. The fourth-order valence-electron chi connectivity index (χ4n) is 3.78. The number of sulfonamides is 1. The first-order valence-corrected chi connectivity index (χ1v) is 14.0. The SMILES string of the molecule is CCC(C(=O)NCC(C)C)N(CCc1ccccc1)C(=O)CN(c1cccc(Cl)c1C)S(C)(=O)=O. The maximum atomic E-state index is 13.6.